The molecule has 0 aliphatic heterocycles. The highest BCUT2D eigenvalue weighted by atomic mass is 16.5. The molecule has 2 unspecified atom stereocenters. The Morgan fingerprint density at radius 1 is 1.47 bits per heavy atom. The van der Waals surface area contributed by atoms with E-state index >= 15 is 0 Å². The normalized spacial score (nSPS) is 14.4. The van der Waals surface area contributed by atoms with Gasteiger partial charge in [-0.15, -0.1) is 0 Å². The van der Waals surface area contributed by atoms with Crippen molar-refractivity contribution in [1.82, 2.24) is 10.2 Å². The number of carboxylic acid groups (broad SMARTS) is 1. The first-order valence-electron chi connectivity index (χ1n) is 4.59. The topological polar surface area (TPSA) is 78.9 Å². The van der Waals surface area contributed by atoms with E-state index in [1.165, 1.54) is 12.0 Å². The second-order valence-corrected chi connectivity index (χ2v) is 3.47. The van der Waals surface area contributed by atoms with Gasteiger partial charge in [0.15, 0.2) is 0 Å². The summed E-state index contributed by atoms with van der Waals surface area (Å²) >= 11 is 0. The van der Waals surface area contributed by atoms with Gasteiger partial charge < -0.3 is 14.7 Å². The van der Waals surface area contributed by atoms with Gasteiger partial charge in [-0.2, -0.15) is 0 Å². The molecule has 0 rings (SSSR count). The van der Waals surface area contributed by atoms with Gasteiger partial charge in [-0.25, -0.2) is 0 Å². The van der Waals surface area contributed by atoms with Crippen molar-refractivity contribution < 1.29 is 19.4 Å². The first-order chi connectivity index (χ1) is 6.90. The van der Waals surface area contributed by atoms with Gasteiger partial charge >= 0.3 is 5.97 Å². The lowest BCUT2D eigenvalue weighted by atomic mass is 10.2. The first-order valence-corrected chi connectivity index (χ1v) is 4.59. The molecule has 0 aromatic heterocycles. The third kappa shape index (κ3) is 4.75. The minimum atomic E-state index is -1.03. The van der Waals surface area contributed by atoms with E-state index in [0.29, 0.717) is 0 Å². The second kappa shape index (κ2) is 6.36. The average molecular weight is 218 g/mol. The van der Waals surface area contributed by atoms with Gasteiger partial charge in [0, 0.05) is 21.2 Å². The Balaban J connectivity index is 4.28. The number of likely N-dealkylation sites (N-methyl/N-ethyl adjacent to an activating group) is 1. The Morgan fingerprint density at radius 2 is 2.00 bits per heavy atom. The highest BCUT2D eigenvalue weighted by Crippen LogP contribution is 1.93. The van der Waals surface area contributed by atoms with Crippen LogP contribution in [0.15, 0.2) is 0 Å². The van der Waals surface area contributed by atoms with Crippen LogP contribution in [-0.2, 0) is 14.3 Å². The molecule has 1 amide bonds. The Labute approximate surface area is 89.2 Å². The summed E-state index contributed by atoms with van der Waals surface area (Å²) in [5.74, 6) is -1.20. The van der Waals surface area contributed by atoms with E-state index in [-0.39, 0.29) is 12.5 Å². The third-order valence-electron chi connectivity index (χ3n) is 1.89. The van der Waals surface area contributed by atoms with Gasteiger partial charge in [-0.3, -0.25) is 14.9 Å². The van der Waals surface area contributed by atoms with E-state index in [2.05, 4.69) is 5.32 Å². The van der Waals surface area contributed by atoms with Crippen LogP contribution in [-0.4, -0.2) is 61.8 Å². The number of amides is 1. The van der Waals surface area contributed by atoms with Gasteiger partial charge in [0.1, 0.15) is 6.04 Å². The summed E-state index contributed by atoms with van der Waals surface area (Å²) in [5, 5.41) is 11.5. The Kier molecular flexibility index (Phi) is 5.88. The maximum absolute atomic E-state index is 11.4. The third-order valence-corrected chi connectivity index (χ3v) is 1.89. The fourth-order valence-electron chi connectivity index (χ4n) is 1.12. The van der Waals surface area contributed by atoms with E-state index in [1.807, 2.05) is 0 Å². The van der Waals surface area contributed by atoms with Crippen molar-refractivity contribution in [3.63, 3.8) is 0 Å². The minimum Gasteiger partial charge on any atom is -0.480 e. The molecule has 0 heterocycles. The number of hydrogen-bond donors (Lipinski definition) is 2. The van der Waals surface area contributed by atoms with Crippen LogP contribution in [0.5, 0.6) is 0 Å². The van der Waals surface area contributed by atoms with Gasteiger partial charge in [-0.05, 0) is 6.92 Å². The van der Waals surface area contributed by atoms with Crippen molar-refractivity contribution in [2.75, 3.05) is 27.8 Å². The molecule has 0 aliphatic carbocycles. The van der Waals surface area contributed by atoms with Gasteiger partial charge in [0.05, 0.1) is 12.6 Å². The van der Waals surface area contributed by atoms with Crippen molar-refractivity contribution >= 4 is 11.9 Å². The number of ether oxygens (including phenoxy) is 1. The molecule has 0 aliphatic rings. The van der Waals surface area contributed by atoms with Gasteiger partial charge in [0.25, 0.3) is 0 Å². The van der Waals surface area contributed by atoms with E-state index in [4.69, 9.17) is 9.84 Å². The van der Waals surface area contributed by atoms with Gasteiger partial charge in [0.2, 0.25) is 5.91 Å². The number of carboxylic acids is 1. The predicted molar refractivity (Wildman–Crippen MR) is 54.6 cm³/mol. The zero-order valence-corrected chi connectivity index (χ0v) is 9.48. The lowest BCUT2D eigenvalue weighted by Gasteiger charge is -2.21. The molecular weight excluding hydrogens is 200 g/mol. The van der Waals surface area contributed by atoms with E-state index < -0.39 is 18.1 Å². The quantitative estimate of drug-likeness (QED) is 0.607. The Bertz CT molecular complexity index is 230. The number of hydrogen-bond acceptors (Lipinski definition) is 4. The fourth-order valence-corrected chi connectivity index (χ4v) is 1.12. The van der Waals surface area contributed by atoms with Crippen molar-refractivity contribution in [3.05, 3.63) is 0 Å². The number of carbonyl (C=O) groups is 2. The van der Waals surface area contributed by atoms with Crippen molar-refractivity contribution in [2.45, 2.75) is 19.0 Å². The molecule has 15 heavy (non-hydrogen) atoms. The van der Waals surface area contributed by atoms with Crippen molar-refractivity contribution in [2.24, 2.45) is 0 Å². The predicted octanol–water partition coefficient (Wildman–Crippen LogP) is -0.848. The summed E-state index contributed by atoms with van der Waals surface area (Å²) in [6, 6.07) is -1.41. The van der Waals surface area contributed by atoms with Crippen LogP contribution < -0.4 is 5.32 Å². The van der Waals surface area contributed by atoms with Gasteiger partial charge in [-0.1, -0.05) is 0 Å². The van der Waals surface area contributed by atoms with Crippen LogP contribution in [0.3, 0.4) is 0 Å². The first kappa shape index (κ1) is 13.9. The Hall–Kier alpha value is -1.14. The summed E-state index contributed by atoms with van der Waals surface area (Å²) in [5.41, 5.74) is 0. The summed E-state index contributed by atoms with van der Waals surface area (Å²) in [4.78, 5) is 23.6. The number of carbonyl (C=O) groups excluding carboxylic acids is 1. The van der Waals surface area contributed by atoms with Crippen molar-refractivity contribution in [3.8, 4) is 0 Å². The van der Waals surface area contributed by atoms with Crippen LogP contribution in [0.2, 0.25) is 0 Å². The van der Waals surface area contributed by atoms with E-state index in [1.54, 1.807) is 21.0 Å². The molecule has 0 aromatic carbocycles. The summed E-state index contributed by atoms with van der Waals surface area (Å²) in [7, 11) is 4.65. The Morgan fingerprint density at radius 3 is 2.33 bits per heavy atom. The SMILES string of the molecule is COCC(NC(C)C(=O)N(C)C)C(=O)O. The molecule has 6 nitrogen and oxygen atoms in total. The summed E-state index contributed by atoms with van der Waals surface area (Å²) in [6.45, 7) is 1.65. The number of nitrogens with one attached hydrogen (secondary N) is 1. The zero-order chi connectivity index (χ0) is 12.0. The van der Waals surface area contributed by atoms with Crippen LogP contribution >= 0.6 is 0 Å². The molecule has 2 atom stereocenters. The molecule has 2 N–H and O–H groups in total. The molecule has 0 saturated heterocycles. The smallest absolute Gasteiger partial charge is 0.323 e. The molecule has 0 saturated carbocycles. The molecule has 0 radical (unpaired) electrons. The van der Waals surface area contributed by atoms with Crippen LogP contribution in [0, 0.1) is 0 Å². The van der Waals surface area contributed by atoms with E-state index in [9.17, 15) is 9.59 Å². The molecule has 0 bridgehead atoms. The number of aliphatic carboxylic acids is 1. The molecule has 0 aromatic rings. The monoisotopic (exact) mass is 218 g/mol. The molecule has 0 fully saturated rings. The zero-order valence-electron chi connectivity index (χ0n) is 9.48. The second-order valence-electron chi connectivity index (χ2n) is 3.47. The molecular formula is C9H18N2O4. The summed E-state index contributed by atoms with van der Waals surface area (Å²) in [6.07, 6.45) is 0. The highest BCUT2D eigenvalue weighted by molar-refractivity contribution is 5.82. The average Bonchev–Trinajstić information content (AvgIpc) is 2.15. The number of rotatable bonds is 6. The van der Waals surface area contributed by atoms with E-state index in [0.717, 1.165) is 0 Å². The van der Waals surface area contributed by atoms with Crippen LogP contribution in [0.1, 0.15) is 6.92 Å². The molecule has 6 heteroatoms. The largest absolute Gasteiger partial charge is 0.480 e. The lowest BCUT2D eigenvalue weighted by Crippen LogP contribution is -2.50. The van der Waals surface area contributed by atoms with Crippen LogP contribution in [0.25, 0.3) is 0 Å². The van der Waals surface area contributed by atoms with Crippen molar-refractivity contribution in [1.29, 1.82) is 0 Å². The molecule has 0 spiro atoms. The maximum Gasteiger partial charge on any atom is 0.323 e. The number of nitrogens with zero attached hydrogens (tertiary/aromatic N) is 1. The highest BCUT2D eigenvalue weighted by Gasteiger charge is 2.23. The standard InChI is InChI=1S/C9H18N2O4/c1-6(8(12)11(2)3)10-7(5-15-4)9(13)14/h6-7,10H,5H2,1-4H3,(H,13,14). The minimum absolute atomic E-state index is 0.0282. The fraction of sp³-hybridized carbons (Fsp3) is 0.778. The van der Waals surface area contributed by atoms with Crippen LogP contribution in [0.4, 0.5) is 0 Å². The lowest BCUT2D eigenvalue weighted by molar-refractivity contribution is -0.141. The maximum atomic E-state index is 11.4. The summed E-state index contributed by atoms with van der Waals surface area (Å²) < 4.78 is 4.74. The molecule has 88 valence electrons. The number of methoxy groups -OCH3 is 1.